The van der Waals surface area contributed by atoms with Gasteiger partial charge in [0.25, 0.3) is 10.0 Å². The zero-order valence-electron chi connectivity index (χ0n) is 16.3. The fourth-order valence-electron chi connectivity index (χ4n) is 3.33. The molecule has 4 aromatic rings. The smallest absolute Gasteiger partial charge is 0.261 e. The Morgan fingerprint density at radius 2 is 1.38 bits per heavy atom. The van der Waals surface area contributed by atoms with E-state index in [0.29, 0.717) is 5.69 Å². The van der Waals surface area contributed by atoms with E-state index in [4.69, 9.17) is 0 Å². The first-order valence-electron chi connectivity index (χ1n) is 9.32. The number of benzene rings is 4. The van der Waals surface area contributed by atoms with E-state index in [9.17, 15) is 8.42 Å². The van der Waals surface area contributed by atoms with Crippen LogP contribution in [0.2, 0.25) is 0 Å². The molecule has 0 radical (unpaired) electrons. The van der Waals surface area contributed by atoms with E-state index in [1.807, 2.05) is 61.5 Å². The lowest BCUT2D eigenvalue weighted by Gasteiger charge is -2.14. The monoisotopic (exact) mass is 402 g/mol. The highest BCUT2D eigenvalue weighted by atomic mass is 32.2. The SMILES string of the molecule is CN(C)c1ccc(NS(=O)(=O)c2ccc(-c3cccc4ccccc34)cc2)cc1. The Hall–Kier alpha value is -3.31. The van der Waals surface area contributed by atoms with Crippen molar-refractivity contribution in [2.45, 2.75) is 4.90 Å². The Morgan fingerprint density at radius 3 is 2.07 bits per heavy atom. The van der Waals surface area contributed by atoms with E-state index < -0.39 is 10.0 Å². The summed E-state index contributed by atoms with van der Waals surface area (Å²) in [6.45, 7) is 0. The van der Waals surface area contributed by atoms with E-state index in [0.717, 1.165) is 27.6 Å². The second kappa shape index (κ2) is 7.60. The van der Waals surface area contributed by atoms with E-state index in [1.54, 1.807) is 24.3 Å². The average Bonchev–Trinajstić information content (AvgIpc) is 2.73. The quantitative estimate of drug-likeness (QED) is 0.488. The van der Waals surface area contributed by atoms with E-state index >= 15 is 0 Å². The Labute approximate surface area is 171 Å². The summed E-state index contributed by atoms with van der Waals surface area (Å²) in [5.41, 5.74) is 3.61. The summed E-state index contributed by atoms with van der Waals surface area (Å²) in [4.78, 5) is 2.20. The van der Waals surface area contributed by atoms with Crippen LogP contribution in [0.3, 0.4) is 0 Å². The van der Waals surface area contributed by atoms with Gasteiger partial charge in [0, 0.05) is 25.5 Å². The summed E-state index contributed by atoms with van der Waals surface area (Å²) in [6.07, 6.45) is 0. The van der Waals surface area contributed by atoms with Crippen LogP contribution in [-0.2, 0) is 10.0 Å². The minimum absolute atomic E-state index is 0.234. The molecule has 0 saturated heterocycles. The predicted octanol–water partition coefficient (Wildman–Crippen LogP) is 5.37. The third kappa shape index (κ3) is 3.96. The van der Waals surface area contributed by atoms with Crippen molar-refractivity contribution in [3.8, 4) is 11.1 Å². The third-order valence-corrected chi connectivity index (χ3v) is 6.30. The molecule has 0 bridgehead atoms. The molecule has 0 aliphatic rings. The van der Waals surface area contributed by atoms with Crippen molar-refractivity contribution < 1.29 is 8.42 Å². The van der Waals surface area contributed by atoms with Gasteiger partial charge in [-0.3, -0.25) is 4.72 Å². The first kappa shape index (κ1) is 19.0. The molecule has 0 aliphatic heterocycles. The summed E-state index contributed by atoms with van der Waals surface area (Å²) in [7, 11) is 0.231. The Kier molecular flexibility index (Phi) is 4.99. The minimum atomic E-state index is -3.65. The van der Waals surface area contributed by atoms with Crippen molar-refractivity contribution in [3.05, 3.63) is 91.0 Å². The normalized spacial score (nSPS) is 11.4. The van der Waals surface area contributed by atoms with E-state index in [1.165, 1.54) is 0 Å². The molecule has 1 N–H and O–H groups in total. The van der Waals surface area contributed by atoms with Gasteiger partial charge in [0.15, 0.2) is 0 Å². The molecule has 0 unspecified atom stereocenters. The molecule has 4 rings (SSSR count). The maximum atomic E-state index is 12.8. The molecule has 5 heteroatoms. The Morgan fingerprint density at radius 1 is 0.724 bits per heavy atom. The molecule has 0 aromatic heterocycles. The maximum Gasteiger partial charge on any atom is 0.261 e. The number of fused-ring (bicyclic) bond motifs is 1. The van der Waals surface area contributed by atoms with Crippen LogP contribution in [0.5, 0.6) is 0 Å². The summed E-state index contributed by atoms with van der Waals surface area (Å²) >= 11 is 0. The van der Waals surface area contributed by atoms with Gasteiger partial charge in [0.1, 0.15) is 0 Å². The van der Waals surface area contributed by atoms with Gasteiger partial charge in [-0.05, 0) is 58.3 Å². The molecule has 4 aromatic carbocycles. The minimum Gasteiger partial charge on any atom is -0.378 e. The molecule has 0 spiro atoms. The number of rotatable bonds is 5. The van der Waals surface area contributed by atoms with Crippen molar-refractivity contribution in [2.75, 3.05) is 23.7 Å². The van der Waals surface area contributed by atoms with Crippen molar-refractivity contribution in [1.82, 2.24) is 0 Å². The summed E-state index contributed by atoms with van der Waals surface area (Å²) < 4.78 is 28.2. The third-order valence-electron chi connectivity index (χ3n) is 4.90. The molecular weight excluding hydrogens is 380 g/mol. The van der Waals surface area contributed by atoms with Crippen LogP contribution < -0.4 is 9.62 Å². The van der Waals surface area contributed by atoms with Gasteiger partial charge in [-0.25, -0.2) is 8.42 Å². The molecule has 4 nitrogen and oxygen atoms in total. The molecule has 146 valence electrons. The highest BCUT2D eigenvalue weighted by Crippen LogP contribution is 2.29. The lowest BCUT2D eigenvalue weighted by atomic mass is 9.98. The van der Waals surface area contributed by atoms with Crippen LogP contribution in [-0.4, -0.2) is 22.5 Å². The standard InChI is InChI=1S/C24H22N2O2S/c1-26(2)21-14-12-20(13-15-21)25-29(27,28)22-16-10-19(11-17-22)24-9-5-7-18-6-3-4-8-23(18)24/h3-17,25H,1-2H3. The first-order valence-corrected chi connectivity index (χ1v) is 10.8. The lowest BCUT2D eigenvalue weighted by molar-refractivity contribution is 0.601. The molecule has 0 aliphatic carbocycles. The van der Waals surface area contributed by atoms with Crippen LogP contribution in [0.4, 0.5) is 11.4 Å². The maximum absolute atomic E-state index is 12.8. The molecule has 29 heavy (non-hydrogen) atoms. The zero-order chi connectivity index (χ0) is 20.4. The number of anilines is 2. The molecular formula is C24H22N2O2S. The number of hydrogen-bond acceptors (Lipinski definition) is 3. The highest BCUT2D eigenvalue weighted by Gasteiger charge is 2.15. The fraction of sp³-hybridized carbons (Fsp3) is 0.0833. The summed E-state index contributed by atoms with van der Waals surface area (Å²) in [5, 5.41) is 2.30. The van der Waals surface area contributed by atoms with Crippen molar-refractivity contribution in [3.63, 3.8) is 0 Å². The number of nitrogens with one attached hydrogen (secondary N) is 1. The van der Waals surface area contributed by atoms with Crippen LogP contribution >= 0.6 is 0 Å². The largest absolute Gasteiger partial charge is 0.378 e. The van der Waals surface area contributed by atoms with Crippen LogP contribution in [0.25, 0.3) is 21.9 Å². The number of hydrogen-bond donors (Lipinski definition) is 1. The van der Waals surface area contributed by atoms with Gasteiger partial charge in [-0.15, -0.1) is 0 Å². The zero-order valence-corrected chi connectivity index (χ0v) is 17.1. The molecule has 0 atom stereocenters. The van der Waals surface area contributed by atoms with Gasteiger partial charge < -0.3 is 4.90 Å². The van der Waals surface area contributed by atoms with Gasteiger partial charge in [-0.1, -0.05) is 54.6 Å². The van der Waals surface area contributed by atoms with Crippen molar-refractivity contribution in [1.29, 1.82) is 0 Å². The molecule has 0 heterocycles. The van der Waals surface area contributed by atoms with Gasteiger partial charge >= 0.3 is 0 Å². The first-order chi connectivity index (χ1) is 13.9. The van der Waals surface area contributed by atoms with Crippen LogP contribution in [0.1, 0.15) is 0 Å². The summed E-state index contributed by atoms with van der Waals surface area (Å²) in [6, 6.07) is 28.6. The molecule has 0 saturated carbocycles. The van der Waals surface area contributed by atoms with E-state index in [2.05, 4.69) is 29.0 Å². The van der Waals surface area contributed by atoms with Crippen LogP contribution in [0, 0.1) is 0 Å². The number of sulfonamides is 1. The predicted molar refractivity (Wildman–Crippen MR) is 121 cm³/mol. The van der Waals surface area contributed by atoms with E-state index in [-0.39, 0.29) is 4.90 Å². The summed E-state index contributed by atoms with van der Waals surface area (Å²) in [5.74, 6) is 0. The Balaban J connectivity index is 1.61. The molecule has 0 fully saturated rings. The fourth-order valence-corrected chi connectivity index (χ4v) is 4.39. The van der Waals surface area contributed by atoms with Crippen molar-refractivity contribution in [2.24, 2.45) is 0 Å². The highest BCUT2D eigenvalue weighted by molar-refractivity contribution is 7.92. The number of nitrogens with zero attached hydrogens (tertiary/aromatic N) is 1. The van der Waals surface area contributed by atoms with Gasteiger partial charge in [0.05, 0.1) is 4.90 Å². The van der Waals surface area contributed by atoms with Gasteiger partial charge in [0.2, 0.25) is 0 Å². The second-order valence-corrected chi connectivity index (χ2v) is 8.78. The molecule has 0 amide bonds. The average molecular weight is 403 g/mol. The lowest BCUT2D eigenvalue weighted by Crippen LogP contribution is -2.13. The Bertz CT molecular complexity index is 1240. The van der Waals surface area contributed by atoms with Crippen LogP contribution in [0.15, 0.2) is 95.9 Å². The van der Waals surface area contributed by atoms with Crippen molar-refractivity contribution >= 4 is 32.2 Å². The topological polar surface area (TPSA) is 49.4 Å². The second-order valence-electron chi connectivity index (χ2n) is 7.10. The van der Waals surface area contributed by atoms with Gasteiger partial charge in [-0.2, -0.15) is 0 Å².